The van der Waals surface area contributed by atoms with Gasteiger partial charge in [0, 0.05) is 37.1 Å². The molecule has 180 valence electrons. The van der Waals surface area contributed by atoms with Crippen LogP contribution in [-0.4, -0.2) is 34.6 Å². The molecule has 2 fully saturated rings. The summed E-state index contributed by atoms with van der Waals surface area (Å²) in [7, 11) is 0. The van der Waals surface area contributed by atoms with Gasteiger partial charge in [0.05, 0.1) is 11.4 Å². The fourth-order valence-electron chi connectivity index (χ4n) is 6.63. The minimum Gasteiger partial charge on any atom is -0.453 e. The van der Waals surface area contributed by atoms with Crippen molar-refractivity contribution < 1.29 is 4.74 Å². The number of aromatic nitrogens is 1. The molecule has 4 nitrogen and oxygen atoms in total. The molecule has 3 aromatic carbocycles. The van der Waals surface area contributed by atoms with Gasteiger partial charge >= 0.3 is 0 Å². The second kappa shape index (κ2) is 9.11. The van der Waals surface area contributed by atoms with Gasteiger partial charge in [-0.3, -0.25) is 9.88 Å². The number of anilines is 2. The third kappa shape index (κ3) is 3.86. The van der Waals surface area contributed by atoms with Gasteiger partial charge < -0.3 is 9.64 Å². The minimum absolute atomic E-state index is 0.478. The quantitative estimate of drug-likeness (QED) is 0.306. The number of rotatable bonds is 5. The van der Waals surface area contributed by atoms with Gasteiger partial charge in [0.15, 0.2) is 11.5 Å². The molecule has 1 aromatic heterocycles. The lowest BCUT2D eigenvalue weighted by Gasteiger charge is -2.46. The summed E-state index contributed by atoms with van der Waals surface area (Å²) in [6, 6.07) is 32.1. The molecule has 7 rings (SSSR count). The highest BCUT2D eigenvalue weighted by Gasteiger charge is 2.44. The molecule has 2 bridgehead atoms. The number of nitrogens with zero attached hydrogens (tertiary/aromatic N) is 3. The number of para-hydroxylation sites is 2. The Labute approximate surface area is 213 Å². The number of pyridine rings is 1. The van der Waals surface area contributed by atoms with E-state index in [4.69, 9.17) is 4.74 Å². The fourth-order valence-corrected chi connectivity index (χ4v) is 6.63. The third-order valence-corrected chi connectivity index (χ3v) is 8.30. The normalized spacial score (nSPS) is 22.6. The van der Waals surface area contributed by atoms with Crippen LogP contribution < -0.4 is 9.64 Å². The van der Waals surface area contributed by atoms with E-state index in [2.05, 4.69) is 99.7 Å². The summed E-state index contributed by atoms with van der Waals surface area (Å²) in [6.07, 6.45) is 9.86. The molecule has 4 aromatic rings. The summed E-state index contributed by atoms with van der Waals surface area (Å²) >= 11 is 0. The highest BCUT2D eigenvalue weighted by atomic mass is 16.5. The second-order valence-electron chi connectivity index (χ2n) is 10.3. The third-order valence-electron chi connectivity index (χ3n) is 8.30. The fraction of sp³-hybridized carbons (Fsp3) is 0.281. The first-order valence-electron chi connectivity index (χ1n) is 13.2. The molecule has 0 aliphatic carbocycles. The molecule has 36 heavy (non-hydrogen) atoms. The van der Waals surface area contributed by atoms with Crippen LogP contribution in [0.2, 0.25) is 0 Å². The largest absolute Gasteiger partial charge is 0.453 e. The molecule has 3 aliphatic heterocycles. The van der Waals surface area contributed by atoms with Crippen molar-refractivity contribution in [3.63, 3.8) is 0 Å². The number of hydrogen-bond donors (Lipinski definition) is 0. The molecule has 0 saturated carbocycles. The van der Waals surface area contributed by atoms with Gasteiger partial charge in [-0.25, -0.2) is 0 Å². The van der Waals surface area contributed by atoms with Gasteiger partial charge in [-0.05, 0) is 85.2 Å². The van der Waals surface area contributed by atoms with Crippen LogP contribution in [0.5, 0.6) is 11.5 Å². The Morgan fingerprint density at radius 1 is 0.694 bits per heavy atom. The van der Waals surface area contributed by atoms with Crippen LogP contribution in [0.1, 0.15) is 31.2 Å². The maximum atomic E-state index is 6.47. The van der Waals surface area contributed by atoms with E-state index in [-0.39, 0.29) is 0 Å². The highest BCUT2D eigenvalue weighted by molar-refractivity contribution is 5.81. The first-order chi connectivity index (χ1) is 17.8. The SMILES string of the molecule is c1ccc(CCN2[C@@H]3CC[C@H]2CC(N2c4ccccc4Oc4cc(-c5ccncc5)ccc42)C3)cc1. The zero-order valence-electron chi connectivity index (χ0n) is 20.5. The summed E-state index contributed by atoms with van der Waals surface area (Å²) in [5.74, 6) is 1.90. The van der Waals surface area contributed by atoms with Crippen molar-refractivity contribution in [1.29, 1.82) is 0 Å². The maximum Gasteiger partial charge on any atom is 0.151 e. The van der Waals surface area contributed by atoms with Crippen LogP contribution >= 0.6 is 0 Å². The zero-order valence-corrected chi connectivity index (χ0v) is 20.5. The Hall–Kier alpha value is -3.63. The van der Waals surface area contributed by atoms with E-state index >= 15 is 0 Å². The van der Waals surface area contributed by atoms with Gasteiger partial charge in [-0.15, -0.1) is 0 Å². The molecule has 0 radical (unpaired) electrons. The van der Waals surface area contributed by atoms with E-state index in [1.54, 1.807) is 0 Å². The summed E-state index contributed by atoms with van der Waals surface area (Å²) < 4.78 is 6.47. The van der Waals surface area contributed by atoms with Gasteiger partial charge in [-0.1, -0.05) is 48.5 Å². The van der Waals surface area contributed by atoms with Gasteiger partial charge in [0.25, 0.3) is 0 Å². The lowest BCUT2D eigenvalue weighted by molar-refractivity contribution is 0.129. The smallest absolute Gasteiger partial charge is 0.151 e. The van der Waals surface area contributed by atoms with Crippen molar-refractivity contribution in [2.24, 2.45) is 0 Å². The van der Waals surface area contributed by atoms with Crippen molar-refractivity contribution in [1.82, 2.24) is 9.88 Å². The van der Waals surface area contributed by atoms with Crippen molar-refractivity contribution in [3.05, 3.63) is 103 Å². The summed E-state index contributed by atoms with van der Waals surface area (Å²) in [5.41, 5.74) is 6.15. The number of benzene rings is 3. The molecule has 4 heteroatoms. The number of hydrogen-bond acceptors (Lipinski definition) is 4. The van der Waals surface area contributed by atoms with E-state index < -0.39 is 0 Å². The minimum atomic E-state index is 0.478. The van der Waals surface area contributed by atoms with Gasteiger partial charge in [0.2, 0.25) is 0 Å². The first-order valence-corrected chi connectivity index (χ1v) is 13.2. The predicted molar refractivity (Wildman–Crippen MR) is 145 cm³/mol. The van der Waals surface area contributed by atoms with Crippen molar-refractivity contribution in [2.45, 2.75) is 50.2 Å². The van der Waals surface area contributed by atoms with Crippen molar-refractivity contribution in [2.75, 3.05) is 11.4 Å². The van der Waals surface area contributed by atoms with E-state index in [1.165, 1.54) is 42.6 Å². The van der Waals surface area contributed by atoms with Crippen LogP contribution in [0.4, 0.5) is 11.4 Å². The Bertz CT molecular complexity index is 1340. The molecule has 2 saturated heterocycles. The van der Waals surface area contributed by atoms with Gasteiger partial charge in [0.1, 0.15) is 0 Å². The Balaban J connectivity index is 1.18. The average molecular weight is 474 g/mol. The molecule has 4 heterocycles. The molecule has 0 amide bonds. The van der Waals surface area contributed by atoms with Crippen LogP contribution in [0.15, 0.2) is 97.3 Å². The summed E-state index contributed by atoms with van der Waals surface area (Å²) in [5, 5.41) is 0. The molecule has 1 unspecified atom stereocenters. The van der Waals surface area contributed by atoms with Crippen LogP contribution in [-0.2, 0) is 6.42 Å². The highest BCUT2D eigenvalue weighted by Crippen LogP contribution is 2.51. The predicted octanol–water partition coefficient (Wildman–Crippen LogP) is 7.23. The topological polar surface area (TPSA) is 28.6 Å². The number of ether oxygens (including phenoxy) is 1. The van der Waals surface area contributed by atoms with E-state index in [0.29, 0.717) is 18.1 Å². The van der Waals surface area contributed by atoms with Crippen molar-refractivity contribution in [3.8, 4) is 22.6 Å². The molecule has 3 atom stereocenters. The lowest BCUT2D eigenvalue weighted by Crippen LogP contribution is -2.50. The van der Waals surface area contributed by atoms with E-state index in [9.17, 15) is 0 Å². The molecular weight excluding hydrogens is 442 g/mol. The Morgan fingerprint density at radius 2 is 1.42 bits per heavy atom. The van der Waals surface area contributed by atoms with Crippen LogP contribution in [0.3, 0.4) is 0 Å². The Morgan fingerprint density at radius 3 is 2.22 bits per heavy atom. The zero-order chi connectivity index (χ0) is 23.9. The molecule has 0 spiro atoms. The standard InChI is InChI=1S/C32H31N3O/c1-2-6-23(7-3-1)16-19-34-26-11-12-27(34)22-28(21-26)35-29-8-4-5-9-31(29)36-32-20-25(10-13-30(32)35)24-14-17-33-18-15-24/h1-10,13-15,17-18,20,26-28H,11-12,16,19,21-22H2/t26-,27+,28?. The average Bonchev–Trinajstić information content (AvgIpc) is 3.17. The van der Waals surface area contributed by atoms with Gasteiger partial charge in [-0.2, -0.15) is 0 Å². The molecule has 0 N–H and O–H groups in total. The van der Waals surface area contributed by atoms with Crippen LogP contribution in [0.25, 0.3) is 11.1 Å². The second-order valence-corrected chi connectivity index (χ2v) is 10.3. The summed E-state index contributed by atoms with van der Waals surface area (Å²) in [6.45, 7) is 1.16. The monoisotopic (exact) mass is 473 g/mol. The molecular formula is C32H31N3O. The number of piperidine rings is 1. The van der Waals surface area contributed by atoms with Crippen LogP contribution in [0, 0.1) is 0 Å². The van der Waals surface area contributed by atoms with E-state index in [1.807, 2.05) is 12.4 Å². The first kappa shape index (κ1) is 21.6. The summed E-state index contributed by atoms with van der Waals surface area (Å²) in [4.78, 5) is 9.57. The Kier molecular flexibility index (Phi) is 5.47. The molecule has 3 aliphatic rings. The lowest BCUT2D eigenvalue weighted by atomic mass is 9.93. The van der Waals surface area contributed by atoms with E-state index in [0.717, 1.165) is 35.6 Å². The number of fused-ring (bicyclic) bond motifs is 4. The van der Waals surface area contributed by atoms with Crippen molar-refractivity contribution >= 4 is 11.4 Å². The maximum absolute atomic E-state index is 6.47.